The number of alkyl halides is 3. The molecule has 0 aliphatic carbocycles. The minimum atomic E-state index is -4.44. The molecule has 9 heteroatoms. The van der Waals surface area contributed by atoms with Gasteiger partial charge in [0, 0.05) is 23.5 Å². The van der Waals surface area contributed by atoms with Crippen LogP contribution in [0.3, 0.4) is 0 Å². The fraction of sp³-hybridized carbons (Fsp3) is 0.227. The first kappa shape index (κ1) is 23.3. The van der Waals surface area contributed by atoms with Crippen molar-refractivity contribution >= 4 is 33.2 Å². The highest BCUT2D eigenvalue weighted by molar-refractivity contribution is 9.10. The number of carbonyl (C=O) groups is 1. The molecule has 2 aromatic carbocycles. The molecule has 2 N–H and O–H groups in total. The highest BCUT2D eigenvalue weighted by Crippen LogP contribution is 2.43. The summed E-state index contributed by atoms with van der Waals surface area (Å²) < 4.78 is 47.0. The van der Waals surface area contributed by atoms with Gasteiger partial charge in [-0.2, -0.15) is 13.2 Å². The van der Waals surface area contributed by atoms with Gasteiger partial charge in [0.25, 0.3) is 0 Å². The van der Waals surface area contributed by atoms with Crippen LogP contribution in [0.15, 0.2) is 59.1 Å². The van der Waals surface area contributed by atoms with E-state index in [1.165, 1.54) is 6.07 Å². The Morgan fingerprint density at radius 1 is 1.13 bits per heavy atom. The van der Waals surface area contributed by atoms with E-state index in [9.17, 15) is 18.0 Å². The topological polar surface area (TPSA) is 58.6 Å². The van der Waals surface area contributed by atoms with Crippen molar-refractivity contribution in [2.45, 2.75) is 25.7 Å². The van der Waals surface area contributed by atoms with Gasteiger partial charge >= 0.3 is 12.1 Å². The summed E-state index contributed by atoms with van der Waals surface area (Å²) in [5, 5.41) is 11.7. The first-order chi connectivity index (χ1) is 14.7. The van der Waals surface area contributed by atoms with Gasteiger partial charge in [0.2, 0.25) is 0 Å². The molecule has 0 saturated carbocycles. The predicted molar refractivity (Wildman–Crippen MR) is 117 cm³/mol. The lowest BCUT2D eigenvalue weighted by molar-refractivity contribution is -0.137. The second-order valence-electron chi connectivity index (χ2n) is 6.69. The summed E-state index contributed by atoms with van der Waals surface area (Å²) in [6.07, 6.45) is -4.40. The molecule has 0 aliphatic heterocycles. The molecule has 0 radical (unpaired) electrons. The number of carboxylic acid groups (broad SMARTS) is 1. The molecule has 3 rings (SSSR count). The van der Waals surface area contributed by atoms with Gasteiger partial charge in [0.15, 0.2) is 0 Å². The Kier molecular flexibility index (Phi) is 7.74. The fourth-order valence-electron chi connectivity index (χ4n) is 2.90. The summed E-state index contributed by atoms with van der Waals surface area (Å²) in [4.78, 5) is 10.4. The van der Waals surface area contributed by atoms with Crippen molar-refractivity contribution in [2.24, 2.45) is 0 Å². The van der Waals surface area contributed by atoms with Gasteiger partial charge < -0.3 is 15.2 Å². The van der Waals surface area contributed by atoms with Crippen molar-refractivity contribution in [3.05, 3.63) is 74.4 Å². The van der Waals surface area contributed by atoms with Gasteiger partial charge in [-0.25, -0.2) is 0 Å². The van der Waals surface area contributed by atoms with Crippen LogP contribution >= 0.6 is 27.3 Å². The number of hydrogen-bond donors (Lipinski definition) is 2. The Morgan fingerprint density at radius 3 is 2.52 bits per heavy atom. The minimum Gasteiger partial charge on any atom is -0.487 e. The molecule has 0 fully saturated rings. The lowest BCUT2D eigenvalue weighted by Gasteiger charge is -2.10. The van der Waals surface area contributed by atoms with Gasteiger partial charge in [-0.1, -0.05) is 36.4 Å². The molecular formula is C22H19BrF3NO3S. The lowest BCUT2D eigenvalue weighted by Crippen LogP contribution is -2.17. The van der Waals surface area contributed by atoms with Crippen LogP contribution in [0.4, 0.5) is 13.2 Å². The molecule has 164 valence electrons. The maximum absolute atomic E-state index is 13.5. The number of thiophene rings is 1. The van der Waals surface area contributed by atoms with E-state index < -0.39 is 17.0 Å². The maximum Gasteiger partial charge on any atom is 0.426 e. The summed E-state index contributed by atoms with van der Waals surface area (Å²) in [6, 6.07) is 15.4. The third-order valence-corrected chi connectivity index (χ3v) is 6.11. The number of hydrogen-bond acceptors (Lipinski definition) is 4. The predicted octanol–water partition coefficient (Wildman–Crippen LogP) is 6.34. The third-order valence-electron chi connectivity index (χ3n) is 4.34. The monoisotopic (exact) mass is 513 g/mol. The van der Waals surface area contributed by atoms with E-state index in [1.807, 2.05) is 12.1 Å². The normalized spacial score (nSPS) is 11.5. The first-order valence-electron chi connectivity index (χ1n) is 9.33. The summed E-state index contributed by atoms with van der Waals surface area (Å²) in [5.74, 6) is -0.354. The molecule has 0 atom stereocenters. The number of rotatable bonds is 9. The Hall–Kier alpha value is -2.36. The zero-order valence-electron chi connectivity index (χ0n) is 16.2. The molecule has 1 aromatic heterocycles. The largest absolute Gasteiger partial charge is 0.487 e. The number of halogens is 4. The van der Waals surface area contributed by atoms with E-state index in [4.69, 9.17) is 9.84 Å². The van der Waals surface area contributed by atoms with Crippen molar-refractivity contribution < 1.29 is 27.8 Å². The molecule has 0 amide bonds. The standard InChI is InChI=1S/C22H19BrF3NO3S/c23-18-10-14(12-27-9-8-20(28)29)6-7-19(18)30-13-16-11-17(15-4-2-1-3-5-15)21(31-16)22(24,25)26/h1-7,10-11,27H,8-9,12-13H2,(H,28,29). The number of aliphatic carboxylic acids is 1. The maximum atomic E-state index is 13.5. The van der Waals surface area contributed by atoms with Crippen LogP contribution in [0.5, 0.6) is 5.75 Å². The smallest absolute Gasteiger partial charge is 0.426 e. The average molecular weight is 514 g/mol. The van der Waals surface area contributed by atoms with E-state index in [-0.39, 0.29) is 18.6 Å². The van der Waals surface area contributed by atoms with E-state index in [1.54, 1.807) is 36.4 Å². The molecule has 0 aliphatic rings. The Bertz CT molecular complexity index is 1040. The van der Waals surface area contributed by atoms with Crippen LogP contribution < -0.4 is 10.1 Å². The van der Waals surface area contributed by atoms with E-state index in [0.717, 1.165) is 5.56 Å². The summed E-state index contributed by atoms with van der Waals surface area (Å²) in [5.41, 5.74) is 1.59. The highest BCUT2D eigenvalue weighted by atomic mass is 79.9. The van der Waals surface area contributed by atoms with Crippen LogP contribution in [-0.2, 0) is 24.1 Å². The molecule has 0 spiro atoms. The molecule has 0 saturated heterocycles. The van der Waals surface area contributed by atoms with Crippen LogP contribution in [-0.4, -0.2) is 17.6 Å². The second-order valence-corrected chi connectivity index (χ2v) is 8.68. The van der Waals surface area contributed by atoms with Crippen molar-refractivity contribution in [3.63, 3.8) is 0 Å². The number of benzene rings is 2. The molecule has 3 aromatic rings. The number of nitrogens with one attached hydrogen (secondary N) is 1. The Balaban J connectivity index is 1.68. The molecular weight excluding hydrogens is 495 g/mol. The molecule has 4 nitrogen and oxygen atoms in total. The van der Waals surface area contributed by atoms with Crippen molar-refractivity contribution in [2.75, 3.05) is 6.54 Å². The molecule has 0 bridgehead atoms. The Morgan fingerprint density at radius 2 is 1.87 bits per heavy atom. The highest BCUT2D eigenvalue weighted by Gasteiger charge is 2.36. The van der Waals surface area contributed by atoms with Crippen LogP contribution in [0.2, 0.25) is 0 Å². The molecule has 31 heavy (non-hydrogen) atoms. The summed E-state index contributed by atoms with van der Waals surface area (Å²) in [7, 11) is 0. The third kappa shape index (κ3) is 6.56. The zero-order chi connectivity index (χ0) is 22.4. The average Bonchev–Trinajstić information content (AvgIpc) is 3.16. The summed E-state index contributed by atoms with van der Waals surface area (Å²) in [6.45, 7) is 0.858. The van der Waals surface area contributed by atoms with Gasteiger partial charge in [-0.3, -0.25) is 4.79 Å². The van der Waals surface area contributed by atoms with Gasteiger partial charge in [0.1, 0.15) is 17.2 Å². The lowest BCUT2D eigenvalue weighted by atomic mass is 10.1. The zero-order valence-corrected chi connectivity index (χ0v) is 18.6. The first-order valence-corrected chi connectivity index (χ1v) is 10.9. The van der Waals surface area contributed by atoms with Crippen LogP contribution in [0, 0.1) is 0 Å². The quantitative estimate of drug-likeness (QED) is 0.328. The molecule has 0 unspecified atom stereocenters. The van der Waals surface area contributed by atoms with Crippen LogP contribution in [0.1, 0.15) is 21.7 Å². The van der Waals surface area contributed by atoms with Crippen molar-refractivity contribution in [1.29, 1.82) is 0 Å². The van der Waals surface area contributed by atoms with E-state index in [0.29, 0.717) is 45.1 Å². The van der Waals surface area contributed by atoms with E-state index in [2.05, 4.69) is 21.2 Å². The van der Waals surface area contributed by atoms with Gasteiger partial charge in [0.05, 0.1) is 10.9 Å². The van der Waals surface area contributed by atoms with Gasteiger partial charge in [-0.15, -0.1) is 11.3 Å². The molecule has 1 heterocycles. The number of carboxylic acids is 1. The Labute approximate surface area is 189 Å². The number of ether oxygens (including phenoxy) is 1. The van der Waals surface area contributed by atoms with E-state index >= 15 is 0 Å². The van der Waals surface area contributed by atoms with Crippen LogP contribution in [0.25, 0.3) is 11.1 Å². The van der Waals surface area contributed by atoms with Crippen molar-refractivity contribution in [1.82, 2.24) is 5.32 Å². The van der Waals surface area contributed by atoms with Crippen molar-refractivity contribution in [3.8, 4) is 16.9 Å². The second kappa shape index (κ2) is 10.3. The fourth-order valence-corrected chi connectivity index (χ4v) is 4.40. The summed E-state index contributed by atoms with van der Waals surface area (Å²) >= 11 is 4.10. The van der Waals surface area contributed by atoms with Gasteiger partial charge in [-0.05, 0) is 45.3 Å². The minimum absolute atomic E-state index is 0.00931. The SMILES string of the molecule is O=C(O)CCNCc1ccc(OCc2cc(-c3ccccc3)c(C(F)(F)F)s2)c(Br)c1.